The van der Waals surface area contributed by atoms with Crippen molar-refractivity contribution in [1.82, 2.24) is 5.32 Å². The number of esters is 2. The predicted octanol–water partition coefficient (Wildman–Crippen LogP) is 11.7. The maximum atomic E-state index is 10.3. The molecule has 20 heteroatoms. The number of hydrogen-bond acceptors (Lipinski definition) is 8. The summed E-state index contributed by atoms with van der Waals surface area (Å²) < 4.78 is 9.03. The SMILES string of the molecule is C=C=N[C-](C)C.C=C[C-](C)C.C=[C-]C(=O)N[C-](C)C.C=[C-]C(=O)O[C-](C)C.CC(=O)O[C-](C)C.CC(=O)[C-](C)C.CC(=O)[C-](C)C.C[C-](C)C.C[C-](C)C.[W].[W].[Y].[Y].[Y].[Y].[Y].[Y].[Y].[Y].[Y]. The first kappa shape index (κ1) is 134. The molecule has 361 valence electrons. The first-order valence-electron chi connectivity index (χ1n) is 17.0. The number of ketones is 2. The van der Waals surface area contributed by atoms with Gasteiger partial charge in [0.1, 0.15) is 5.97 Å². The van der Waals surface area contributed by atoms with Gasteiger partial charge < -0.3 is 70.0 Å². The van der Waals surface area contributed by atoms with E-state index in [4.69, 9.17) is 0 Å². The van der Waals surface area contributed by atoms with Crippen molar-refractivity contribution in [3.05, 3.63) is 98.4 Å². The molecule has 0 spiro atoms. The molecule has 0 unspecified atom stereocenters. The van der Waals surface area contributed by atoms with Crippen molar-refractivity contribution in [2.75, 3.05) is 0 Å². The minimum absolute atomic E-state index is 0. The van der Waals surface area contributed by atoms with Crippen LogP contribution in [-0.4, -0.2) is 35.3 Å². The van der Waals surface area contributed by atoms with Gasteiger partial charge in [-0.15, -0.1) is 32.6 Å². The van der Waals surface area contributed by atoms with Crippen molar-refractivity contribution < 1.29 is 370 Å². The number of nitrogens with zero attached hydrogens (tertiary/aromatic N) is 1. The molecule has 65 heavy (non-hydrogen) atoms. The third-order valence-electron chi connectivity index (χ3n) is 3.43. The molecule has 0 saturated carbocycles. The molecule has 0 aliphatic heterocycles. The number of ether oxygens (including phenoxy) is 2. The van der Waals surface area contributed by atoms with Crippen LogP contribution in [0.25, 0.3) is 0 Å². The van der Waals surface area contributed by atoms with Crippen LogP contribution in [0.2, 0.25) is 0 Å². The zero-order valence-electron chi connectivity index (χ0n) is 44.7. The van der Waals surface area contributed by atoms with Gasteiger partial charge in [-0.3, -0.25) is 28.6 Å². The second kappa shape index (κ2) is 107. The summed E-state index contributed by atoms with van der Waals surface area (Å²) in [6, 6.07) is 1.84. The third-order valence-corrected chi connectivity index (χ3v) is 3.43. The summed E-state index contributed by atoms with van der Waals surface area (Å²) in [7, 11) is 0. The fraction of sp³-hybridized carbons (Fsp3) is 0.511. The van der Waals surface area contributed by atoms with Crippen molar-refractivity contribution in [2.45, 2.75) is 159 Å². The van der Waals surface area contributed by atoms with E-state index < -0.39 is 5.97 Å². The monoisotopic (exact) mass is 1930 g/mol. The number of rotatable bonds is 9. The number of hydrogen-bond donors (Lipinski definition) is 1. The Hall–Kier alpha value is 7.21. The van der Waals surface area contributed by atoms with Crippen LogP contribution in [0.4, 0.5) is 0 Å². The van der Waals surface area contributed by atoms with E-state index >= 15 is 0 Å². The third kappa shape index (κ3) is 260. The van der Waals surface area contributed by atoms with Gasteiger partial charge >= 0.3 is 0 Å². The average Bonchev–Trinajstić information content (AvgIpc) is 2.96. The Balaban J connectivity index is -0.0000000192. The van der Waals surface area contributed by atoms with Gasteiger partial charge in [0.15, 0.2) is 0 Å². The molecular formula is C45H79N2O7W2Y9-11. The summed E-state index contributed by atoms with van der Waals surface area (Å²) in [4.78, 5) is 54.4. The molecule has 0 aliphatic rings. The van der Waals surface area contributed by atoms with Gasteiger partial charge in [-0.25, -0.2) is 24.6 Å². The zero-order valence-corrected chi connectivity index (χ0v) is 76.1. The second-order valence-electron chi connectivity index (χ2n) is 13.2. The second-order valence-corrected chi connectivity index (χ2v) is 13.2. The minimum atomic E-state index is -0.523. The molecule has 0 heterocycles. The quantitative estimate of drug-likeness (QED) is 0.105. The van der Waals surface area contributed by atoms with Crippen LogP contribution in [0.15, 0.2) is 37.4 Å². The minimum Gasteiger partial charge on any atom is -0.657 e. The fourth-order valence-corrected chi connectivity index (χ4v) is 0.938. The van der Waals surface area contributed by atoms with Crippen LogP contribution < -0.4 is 5.32 Å². The van der Waals surface area contributed by atoms with E-state index in [1.807, 2.05) is 61.5 Å². The van der Waals surface area contributed by atoms with Crippen molar-refractivity contribution >= 4 is 35.3 Å². The summed E-state index contributed by atoms with van der Waals surface area (Å²) in [6.07, 6.45) is 7.36. The molecule has 9 nitrogen and oxygen atoms in total. The molecule has 0 aromatic heterocycles. The van der Waals surface area contributed by atoms with Gasteiger partial charge in [0.2, 0.25) is 0 Å². The van der Waals surface area contributed by atoms with Gasteiger partial charge in [0, 0.05) is 349 Å². The van der Waals surface area contributed by atoms with Crippen LogP contribution in [0.3, 0.4) is 0 Å². The van der Waals surface area contributed by atoms with Crippen molar-refractivity contribution in [3.63, 3.8) is 0 Å². The maximum absolute atomic E-state index is 10.3. The first-order valence-corrected chi connectivity index (χ1v) is 17.0. The number of carbonyl (C=O) groups is 5. The maximum Gasteiger partial charge on any atom is 0.271 e. The van der Waals surface area contributed by atoms with Gasteiger partial charge in [-0.2, -0.15) is 117 Å². The normalized spacial score (nSPS) is 6.83. The zero-order chi connectivity index (χ0) is 45.7. The summed E-state index contributed by atoms with van der Waals surface area (Å²) in [5.41, 5.74) is 0. The summed E-state index contributed by atoms with van der Waals surface area (Å²) in [5.74, 6) is 7.55. The Kier molecular flexibility index (Phi) is 222. The smallest absolute Gasteiger partial charge is 0.271 e. The number of aliphatic imine (C=N–C) groups is 1. The molecular weight excluding hydrogens is 1850 g/mol. The number of allylic oxidation sites excluding steroid dienone is 1. The van der Waals surface area contributed by atoms with Crippen molar-refractivity contribution in [2.24, 2.45) is 4.99 Å². The standard InChI is InChI=1S/C6H9NO.C6H8O2.C5H8N.C5H9O2.2C5H9O.C5H9.2C4H9.2W.9Y/c1-4-6(8)7-5(2)3;1-4-6(7)8-5(2)3;1-4-6-5(2)3;1-4(2)7-5(3)6;2*1-4(2)5(3)6;1-4-5(2)3;2*1-4(2)3;;;;;;;;;;;/h1H2,2-3H3,(H,7,8);1H2,2-3H3;1H2,2-3H3;1-3H3;2*1-3H3;4H,1H2,2-3H3;2*1-3H3;;;;;;;;;;;/q2*-2;7*-1;;;;;;;;;;;. The molecule has 0 atom stereocenters. The summed E-state index contributed by atoms with van der Waals surface area (Å²) in [6.45, 7) is 55.6. The largest absolute Gasteiger partial charge is 0.657 e. The summed E-state index contributed by atoms with van der Waals surface area (Å²) in [5, 5.41) is 2.50. The number of nitrogens with one attached hydrogen (secondary N) is 1. The molecule has 9 radical (unpaired) electrons. The number of carbonyl (C=O) groups excluding carboxylic acids is 5. The average molecular weight is 1930 g/mol. The Morgan fingerprint density at radius 1 is 0.538 bits per heavy atom. The molecule has 0 rings (SSSR count). The molecule has 0 aromatic rings. The van der Waals surface area contributed by atoms with Crippen LogP contribution >= 0.6 is 0 Å². The Bertz CT molecular complexity index is 939. The number of amides is 1. The van der Waals surface area contributed by atoms with E-state index in [-0.39, 0.29) is 360 Å². The van der Waals surface area contributed by atoms with Crippen molar-refractivity contribution in [3.8, 4) is 0 Å². The van der Waals surface area contributed by atoms with Gasteiger partial charge in [0.25, 0.3) is 5.97 Å². The van der Waals surface area contributed by atoms with Gasteiger partial charge in [-0.1, -0.05) is 13.8 Å². The fourth-order valence-electron chi connectivity index (χ4n) is 0.938. The number of Topliss-reactive ketones (excluding diaryl/α,β-unsaturated/α-hetero) is 2. The van der Waals surface area contributed by atoms with E-state index in [9.17, 15) is 24.0 Å². The Morgan fingerprint density at radius 3 is 0.800 bits per heavy atom. The van der Waals surface area contributed by atoms with Crippen molar-refractivity contribution in [1.29, 1.82) is 0 Å². The molecule has 0 aliphatic carbocycles. The molecule has 0 aromatic carbocycles. The van der Waals surface area contributed by atoms with Crippen LogP contribution in [0.5, 0.6) is 0 Å². The van der Waals surface area contributed by atoms with E-state index in [2.05, 4.69) is 106 Å². The summed E-state index contributed by atoms with van der Waals surface area (Å²) >= 11 is 0. The topological polar surface area (TPSA) is 128 Å². The van der Waals surface area contributed by atoms with Crippen LogP contribution in [0, 0.1) is 66.0 Å². The van der Waals surface area contributed by atoms with E-state index in [1.165, 1.54) is 24.7 Å². The Morgan fingerprint density at radius 2 is 0.769 bits per heavy atom. The van der Waals surface area contributed by atoms with E-state index in [0.29, 0.717) is 12.2 Å². The molecule has 1 N–H and O–H groups in total. The van der Waals surface area contributed by atoms with Crippen LogP contribution in [-0.2, 0) is 370 Å². The molecule has 0 bridgehead atoms. The Labute approximate surface area is 659 Å². The van der Waals surface area contributed by atoms with Crippen LogP contribution in [0.1, 0.15) is 159 Å². The molecule has 0 saturated heterocycles. The predicted molar refractivity (Wildman–Crippen MR) is 231 cm³/mol. The van der Waals surface area contributed by atoms with Gasteiger partial charge in [-0.05, 0) is 25.4 Å². The van der Waals surface area contributed by atoms with Gasteiger partial charge in [0.05, 0.1) is 0 Å². The molecule has 1 amide bonds. The molecule has 0 fully saturated rings. The van der Waals surface area contributed by atoms with E-state index in [0.717, 1.165) is 23.9 Å². The first-order chi connectivity index (χ1) is 24.2. The van der Waals surface area contributed by atoms with E-state index in [1.54, 1.807) is 55.4 Å².